The molecule has 0 radical (unpaired) electrons. The van der Waals surface area contributed by atoms with Gasteiger partial charge in [0, 0.05) is 12.4 Å². The Morgan fingerprint density at radius 2 is 1.83 bits per heavy atom. The van der Waals surface area contributed by atoms with Gasteiger partial charge in [-0.05, 0) is 73.0 Å². The molecular formula is C19H25N3O. The van der Waals surface area contributed by atoms with E-state index in [-0.39, 0.29) is 11.3 Å². The smallest absolute Gasteiger partial charge is 0.246 e. The van der Waals surface area contributed by atoms with E-state index in [1.165, 1.54) is 19.3 Å². The van der Waals surface area contributed by atoms with Crippen LogP contribution in [0.15, 0.2) is 29.6 Å². The second-order valence-corrected chi connectivity index (χ2v) is 8.89. The minimum atomic E-state index is -0.196. The minimum Gasteiger partial charge on any atom is -0.273 e. The third-order valence-electron chi connectivity index (χ3n) is 6.19. The first-order valence-electron chi connectivity index (χ1n) is 8.64. The van der Waals surface area contributed by atoms with Crippen molar-refractivity contribution in [3.8, 4) is 0 Å². The molecule has 2 atom stereocenters. The Hall–Kier alpha value is -1.71. The molecule has 4 nitrogen and oxygen atoms in total. The molecule has 2 unspecified atom stereocenters. The molecule has 1 aromatic heterocycles. The fourth-order valence-corrected chi connectivity index (χ4v) is 6.43. The van der Waals surface area contributed by atoms with Gasteiger partial charge >= 0.3 is 0 Å². The number of pyridine rings is 1. The normalized spacial score (nSPS) is 41.4. The first-order valence-corrected chi connectivity index (χ1v) is 8.64. The maximum atomic E-state index is 12.9. The predicted octanol–water partition coefficient (Wildman–Crippen LogP) is 3.53. The highest BCUT2D eigenvalue weighted by atomic mass is 16.2. The largest absolute Gasteiger partial charge is 0.273 e. The summed E-state index contributed by atoms with van der Waals surface area (Å²) in [7, 11) is 0. The van der Waals surface area contributed by atoms with E-state index in [2.05, 4.69) is 29.4 Å². The fourth-order valence-electron chi connectivity index (χ4n) is 6.43. The SMILES string of the molecule is CC12CC3CC(C)(C1)CC(C(=O)N/N=C/c1ccncc1)(C3)C2. The van der Waals surface area contributed by atoms with Crippen molar-refractivity contribution in [2.24, 2.45) is 27.3 Å². The van der Waals surface area contributed by atoms with Gasteiger partial charge in [0.1, 0.15) is 0 Å². The zero-order chi connectivity index (χ0) is 16.1. The lowest BCUT2D eigenvalue weighted by Crippen LogP contribution is -2.59. The van der Waals surface area contributed by atoms with Gasteiger partial charge < -0.3 is 0 Å². The Morgan fingerprint density at radius 1 is 1.17 bits per heavy atom. The summed E-state index contributed by atoms with van der Waals surface area (Å²) in [5.41, 5.74) is 4.28. The van der Waals surface area contributed by atoms with Crippen LogP contribution in [0.5, 0.6) is 0 Å². The number of rotatable bonds is 3. The summed E-state index contributed by atoms with van der Waals surface area (Å²) < 4.78 is 0. The molecule has 23 heavy (non-hydrogen) atoms. The summed E-state index contributed by atoms with van der Waals surface area (Å²) in [5.74, 6) is 0.848. The van der Waals surface area contributed by atoms with E-state index in [1.807, 2.05) is 12.1 Å². The monoisotopic (exact) mass is 311 g/mol. The van der Waals surface area contributed by atoms with Crippen LogP contribution in [0.3, 0.4) is 0 Å². The summed E-state index contributed by atoms with van der Waals surface area (Å²) in [4.78, 5) is 16.9. The van der Waals surface area contributed by atoms with E-state index >= 15 is 0 Å². The maximum Gasteiger partial charge on any atom is 0.246 e. The van der Waals surface area contributed by atoms with Crippen molar-refractivity contribution in [2.45, 2.75) is 52.4 Å². The van der Waals surface area contributed by atoms with Crippen molar-refractivity contribution in [1.29, 1.82) is 0 Å². The van der Waals surface area contributed by atoms with Gasteiger partial charge in [0.25, 0.3) is 0 Å². The maximum absolute atomic E-state index is 12.9. The van der Waals surface area contributed by atoms with Crippen LogP contribution in [0, 0.1) is 22.2 Å². The van der Waals surface area contributed by atoms with Crippen molar-refractivity contribution < 1.29 is 4.79 Å². The van der Waals surface area contributed by atoms with Gasteiger partial charge in [0.05, 0.1) is 11.6 Å². The van der Waals surface area contributed by atoms with Crippen LogP contribution in [0.2, 0.25) is 0 Å². The van der Waals surface area contributed by atoms with Crippen LogP contribution >= 0.6 is 0 Å². The zero-order valence-electron chi connectivity index (χ0n) is 14.0. The molecular weight excluding hydrogens is 286 g/mol. The third-order valence-corrected chi connectivity index (χ3v) is 6.19. The number of carbonyl (C=O) groups is 1. The predicted molar refractivity (Wildman–Crippen MR) is 89.8 cm³/mol. The first kappa shape index (κ1) is 14.9. The lowest BCUT2D eigenvalue weighted by atomic mass is 9.40. The Bertz CT molecular complexity index is 636. The number of hydrogen-bond donors (Lipinski definition) is 1. The second kappa shape index (κ2) is 4.89. The zero-order valence-corrected chi connectivity index (χ0v) is 14.0. The second-order valence-electron chi connectivity index (χ2n) is 8.89. The molecule has 4 fully saturated rings. The number of nitrogens with one attached hydrogen (secondary N) is 1. The van der Waals surface area contributed by atoms with E-state index in [1.54, 1.807) is 18.6 Å². The molecule has 4 aliphatic rings. The van der Waals surface area contributed by atoms with Gasteiger partial charge in [0.15, 0.2) is 0 Å². The highest BCUT2D eigenvalue weighted by molar-refractivity contribution is 5.85. The molecule has 0 aliphatic heterocycles. The van der Waals surface area contributed by atoms with Crippen molar-refractivity contribution in [3.63, 3.8) is 0 Å². The number of hydrogen-bond acceptors (Lipinski definition) is 3. The average molecular weight is 311 g/mol. The van der Waals surface area contributed by atoms with E-state index in [9.17, 15) is 4.79 Å². The molecule has 4 bridgehead atoms. The van der Waals surface area contributed by atoms with Crippen molar-refractivity contribution in [2.75, 3.05) is 0 Å². The molecule has 1 N–H and O–H groups in total. The van der Waals surface area contributed by atoms with Crippen molar-refractivity contribution >= 4 is 12.1 Å². The minimum absolute atomic E-state index is 0.129. The van der Waals surface area contributed by atoms with Gasteiger partial charge in [-0.2, -0.15) is 5.10 Å². The van der Waals surface area contributed by atoms with Gasteiger partial charge in [0.2, 0.25) is 5.91 Å². The topological polar surface area (TPSA) is 54.4 Å². The summed E-state index contributed by atoms with van der Waals surface area (Å²) in [6.07, 6.45) is 12.2. The molecule has 0 saturated heterocycles. The Labute approximate surface area is 137 Å². The van der Waals surface area contributed by atoms with Crippen LogP contribution in [0.4, 0.5) is 0 Å². The molecule has 4 aliphatic carbocycles. The molecule has 1 aromatic rings. The first-order chi connectivity index (χ1) is 10.9. The van der Waals surface area contributed by atoms with Crippen molar-refractivity contribution in [1.82, 2.24) is 10.4 Å². The number of carbonyl (C=O) groups excluding carboxylic acids is 1. The van der Waals surface area contributed by atoms with Crippen LogP contribution < -0.4 is 5.43 Å². The van der Waals surface area contributed by atoms with Crippen molar-refractivity contribution in [3.05, 3.63) is 30.1 Å². The lowest BCUT2D eigenvalue weighted by Gasteiger charge is -2.64. The molecule has 1 amide bonds. The van der Waals surface area contributed by atoms with E-state index in [4.69, 9.17) is 0 Å². The highest BCUT2D eigenvalue weighted by Gasteiger charge is 2.62. The molecule has 1 heterocycles. The number of nitrogens with zero attached hydrogens (tertiary/aromatic N) is 2. The van der Waals surface area contributed by atoms with Gasteiger partial charge in [-0.3, -0.25) is 9.78 Å². The van der Waals surface area contributed by atoms with Crippen LogP contribution in [-0.2, 0) is 4.79 Å². The standard InChI is InChI=1S/C19H25N3O/c1-17-7-15-8-18(2,11-17)13-19(9-15,12-17)16(23)22-21-10-14-3-5-20-6-4-14/h3-6,10,15H,7-9,11-13H2,1-2H3,(H,22,23)/b21-10+. The summed E-state index contributed by atoms with van der Waals surface area (Å²) in [6.45, 7) is 4.77. The van der Waals surface area contributed by atoms with E-state index < -0.39 is 0 Å². The van der Waals surface area contributed by atoms with Crippen LogP contribution in [0.25, 0.3) is 0 Å². The quantitative estimate of drug-likeness (QED) is 0.686. The molecule has 122 valence electrons. The highest BCUT2D eigenvalue weighted by Crippen LogP contribution is 2.69. The van der Waals surface area contributed by atoms with Crippen LogP contribution in [-0.4, -0.2) is 17.1 Å². The van der Waals surface area contributed by atoms with Gasteiger partial charge in [-0.1, -0.05) is 13.8 Å². The molecule has 4 saturated carbocycles. The molecule has 0 aromatic carbocycles. The molecule has 0 spiro atoms. The van der Waals surface area contributed by atoms with Crippen LogP contribution in [0.1, 0.15) is 57.9 Å². The summed E-state index contributed by atoms with van der Waals surface area (Å²) in [5, 5.41) is 4.19. The van der Waals surface area contributed by atoms with E-state index in [0.717, 1.165) is 30.7 Å². The number of aromatic nitrogens is 1. The number of hydrazone groups is 1. The Morgan fingerprint density at radius 3 is 2.43 bits per heavy atom. The molecule has 4 heteroatoms. The van der Waals surface area contributed by atoms with Gasteiger partial charge in [-0.15, -0.1) is 0 Å². The summed E-state index contributed by atoms with van der Waals surface area (Å²) in [6, 6.07) is 3.75. The lowest BCUT2D eigenvalue weighted by molar-refractivity contribution is -0.170. The molecule has 5 rings (SSSR count). The third kappa shape index (κ3) is 2.58. The number of amides is 1. The van der Waals surface area contributed by atoms with E-state index in [0.29, 0.717) is 10.8 Å². The summed E-state index contributed by atoms with van der Waals surface area (Å²) >= 11 is 0. The Balaban J connectivity index is 1.51. The van der Waals surface area contributed by atoms with Gasteiger partial charge in [-0.25, -0.2) is 5.43 Å². The fraction of sp³-hybridized carbons (Fsp3) is 0.632. The average Bonchev–Trinajstić information content (AvgIpc) is 2.44. The Kier molecular flexibility index (Phi) is 3.16.